The second kappa shape index (κ2) is 4.88. The van der Waals surface area contributed by atoms with Gasteiger partial charge in [0, 0.05) is 24.7 Å². The number of likely N-dealkylation sites (tertiary alicyclic amines) is 1. The van der Waals surface area contributed by atoms with Crippen LogP contribution in [0.1, 0.15) is 34.3 Å². The molecule has 3 nitrogen and oxygen atoms in total. The molecule has 0 spiro atoms. The SMILES string of the molecule is Cc1ccc(C)c(C(=O)N2CCCC2CN)c1. The van der Waals surface area contributed by atoms with E-state index in [-0.39, 0.29) is 11.9 Å². The molecule has 1 saturated heterocycles. The van der Waals surface area contributed by atoms with Crippen LogP contribution in [0.4, 0.5) is 0 Å². The van der Waals surface area contributed by atoms with Crippen LogP contribution in [-0.4, -0.2) is 29.9 Å². The molecule has 3 heteroatoms. The quantitative estimate of drug-likeness (QED) is 0.846. The van der Waals surface area contributed by atoms with Gasteiger partial charge in [0.25, 0.3) is 5.91 Å². The van der Waals surface area contributed by atoms with Crippen LogP contribution in [0.3, 0.4) is 0 Å². The van der Waals surface area contributed by atoms with Crippen LogP contribution in [-0.2, 0) is 0 Å². The number of hydrogen-bond acceptors (Lipinski definition) is 2. The Bertz CT molecular complexity index is 428. The van der Waals surface area contributed by atoms with Crippen LogP contribution in [0.25, 0.3) is 0 Å². The number of nitrogens with zero attached hydrogens (tertiary/aromatic N) is 1. The van der Waals surface area contributed by atoms with Crippen LogP contribution in [0, 0.1) is 13.8 Å². The molecule has 0 bridgehead atoms. The average Bonchev–Trinajstić information content (AvgIpc) is 2.79. The van der Waals surface area contributed by atoms with E-state index in [1.165, 1.54) is 0 Å². The van der Waals surface area contributed by atoms with Gasteiger partial charge in [0.1, 0.15) is 0 Å². The summed E-state index contributed by atoms with van der Waals surface area (Å²) in [6.45, 7) is 5.41. The molecule has 1 heterocycles. The molecule has 1 amide bonds. The molecule has 1 aliphatic rings. The first-order chi connectivity index (χ1) is 8.13. The monoisotopic (exact) mass is 232 g/mol. The van der Waals surface area contributed by atoms with Gasteiger partial charge < -0.3 is 10.6 Å². The summed E-state index contributed by atoms with van der Waals surface area (Å²) in [4.78, 5) is 14.4. The van der Waals surface area contributed by atoms with E-state index in [1.54, 1.807) is 0 Å². The van der Waals surface area contributed by atoms with Crippen LogP contribution in [0.5, 0.6) is 0 Å². The van der Waals surface area contributed by atoms with Gasteiger partial charge in [-0.05, 0) is 38.3 Å². The predicted molar refractivity (Wildman–Crippen MR) is 69.0 cm³/mol. The number of carbonyl (C=O) groups is 1. The number of rotatable bonds is 2. The van der Waals surface area contributed by atoms with Crippen molar-refractivity contribution in [3.05, 3.63) is 34.9 Å². The maximum Gasteiger partial charge on any atom is 0.254 e. The summed E-state index contributed by atoms with van der Waals surface area (Å²) in [5.74, 6) is 0.138. The summed E-state index contributed by atoms with van der Waals surface area (Å²) in [5.41, 5.74) is 8.71. The minimum atomic E-state index is 0.138. The fourth-order valence-corrected chi connectivity index (χ4v) is 2.47. The van der Waals surface area contributed by atoms with Gasteiger partial charge in [0.2, 0.25) is 0 Å². The second-order valence-electron chi connectivity index (χ2n) is 4.85. The molecule has 1 aromatic rings. The molecule has 0 saturated carbocycles. The van der Waals surface area contributed by atoms with E-state index in [2.05, 4.69) is 0 Å². The van der Waals surface area contributed by atoms with Gasteiger partial charge in [-0.25, -0.2) is 0 Å². The minimum absolute atomic E-state index is 0.138. The molecule has 2 N–H and O–H groups in total. The lowest BCUT2D eigenvalue weighted by Gasteiger charge is -2.24. The Kier molecular flexibility index (Phi) is 3.48. The molecule has 0 radical (unpaired) electrons. The molecular weight excluding hydrogens is 212 g/mol. The van der Waals surface area contributed by atoms with E-state index in [0.29, 0.717) is 6.54 Å². The molecule has 92 valence electrons. The lowest BCUT2D eigenvalue weighted by Crippen LogP contribution is -2.40. The molecule has 0 aliphatic carbocycles. The first kappa shape index (κ1) is 12.1. The highest BCUT2D eigenvalue weighted by Crippen LogP contribution is 2.21. The van der Waals surface area contributed by atoms with E-state index >= 15 is 0 Å². The molecule has 17 heavy (non-hydrogen) atoms. The Morgan fingerprint density at radius 2 is 2.24 bits per heavy atom. The van der Waals surface area contributed by atoms with Gasteiger partial charge in [-0.1, -0.05) is 17.7 Å². The van der Waals surface area contributed by atoms with Gasteiger partial charge in [0.15, 0.2) is 0 Å². The van der Waals surface area contributed by atoms with Crippen molar-refractivity contribution in [1.29, 1.82) is 0 Å². The molecule has 1 atom stereocenters. The number of amides is 1. The first-order valence-corrected chi connectivity index (χ1v) is 6.21. The van der Waals surface area contributed by atoms with Gasteiger partial charge >= 0.3 is 0 Å². The standard InChI is InChI=1S/C14H20N2O/c1-10-5-6-11(2)13(8-10)14(17)16-7-3-4-12(16)9-15/h5-6,8,12H,3-4,7,9,15H2,1-2H3. The van der Waals surface area contributed by atoms with Crippen molar-refractivity contribution in [2.75, 3.05) is 13.1 Å². The third-order valence-corrected chi connectivity index (χ3v) is 3.53. The highest BCUT2D eigenvalue weighted by Gasteiger charge is 2.28. The first-order valence-electron chi connectivity index (χ1n) is 6.21. The van der Waals surface area contributed by atoms with Gasteiger partial charge in [0.05, 0.1) is 0 Å². The largest absolute Gasteiger partial charge is 0.334 e. The second-order valence-corrected chi connectivity index (χ2v) is 4.85. The van der Waals surface area contributed by atoms with Crippen molar-refractivity contribution in [2.24, 2.45) is 5.73 Å². The number of nitrogens with two attached hydrogens (primary N) is 1. The van der Waals surface area contributed by atoms with Crippen molar-refractivity contribution in [3.8, 4) is 0 Å². The molecule has 1 fully saturated rings. The minimum Gasteiger partial charge on any atom is -0.334 e. The Labute approximate surface area is 103 Å². The molecule has 0 aromatic heterocycles. The average molecular weight is 232 g/mol. The molecule has 1 aromatic carbocycles. The van der Waals surface area contributed by atoms with Crippen molar-refractivity contribution in [3.63, 3.8) is 0 Å². The van der Waals surface area contributed by atoms with Crippen molar-refractivity contribution >= 4 is 5.91 Å². The highest BCUT2D eigenvalue weighted by molar-refractivity contribution is 5.96. The summed E-state index contributed by atoms with van der Waals surface area (Å²) < 4.78 is 0. The Morgan fingerprint density at radius 3 is 2.94 bits per heavy atom. The molecule has 1 unspecified atom stereocenters. The number of aryl methyl sites for hydroxylation is 2. The fourth-order valence-electron chi connectivity index (χ4n) is 2.47. The summed E-state index contributed by atoms with van der Waals surface area (Å²) in [6, 6.07) is 6.25. The van der Waals surface area contributed by atoms with Crippen molar-refractivity contribution in [2.45, 2.75) is 32.7 Å². The third-order valence-electron chi connectivity index (χ3n) is 3.53. The zero-order valence-corrected chi connectivity index (χ0v) is 10.6. The van der Waals surface area contributed by atoms with Crippen LogP contribution < -0.4 is 5.73 Å². The predicted octanol–water partition coefficient (Wildman–Crippen LogP) is 1.87. The summed E-state index contributed by atoms with van der Waals surface area (Å²) >= 11 is 0. The smallest absolute Gasteiger partial charge is 0.254 e. The highest BCUT2D eigenvalue weighted by atomic mass is 16.2. The van der Waals surface area contributed by atoms with E-state index in [1.807, 2.05) is 36.9 Å². The topological polar surface area (TPSA) is 46.3 Å². The lowest BCUT2D eigenvalue weighted by atomic mass is 10.0. The number of hydrogen-bond donors (Lipinski definition) is 1. The Hall–Kier alpha value is -1.35. The lowest BCUT2D eigenvalue weighted by molar-refractivity contribution is 0.0740. The van der Waals surface area contributed by atoms with Crippen molar-refractivity contribution in [1.82, 2.24) is 4.90 Å². The Morgan fingerprint density at radius 1 is 1.47 bits per heavy atom. The normalized spacial score (nSPS) is 19.7. The van der Waals surface area contributed by atoms with E-state index in [0.717, 1.165) is 36.1 Å². The third kappa shape index (κ3) is 2.34. The van der Waals surface area contributed by atoms with E-state index < -0.39 is 0 Å². The maximum absolute atomic E-state index is 12.5. The maximum atomic E-state index is 12.5. The molecule has 1 aliphatic heterocycles. The number of carbonyl (C=O) groups excluding carboxylic acids is 1. The van der Waals surface area contributed by atoms with Gasteiger partial charge in [-0.3, -0.25) is 4.79 Å². The van der Waals surface area contributed by atoms with Crippen LogP contribution in [0.15, 0.2) is 18.2 Å². The van der Waals surface area contributed by atoms with E-state index in [9.17, 15) is 4.79 Å². The van der Waals surface area contributed by atoms with Gasteiger partial charge in [-0.15, -0.1) is 0 Å². The zero-order valence-electron chi connectivity index (χ0n) is 10.6. The summed E-state index contributed by atoms with van der Waals surface area (Å²) in [7, 11) is 0. The summed E-state index contributed by atoms with van der Waals surface area (Å²) in [6.07, 6.45) is 2.10. The molecule has 2 rings (SSSR count). The van der Waals surface area contributed by atoms with Crippen molar-refractivity contribution < 1.29 is 4.79 Å². The Balaban J connectivity index is 2.27. The van der Waals surface area contributed by atoms with Gasteiger partial charge in [-0.2, -0.15) is 0 Å². The van der Waals surface area contributed by atoms with Crippen LogP contribution >= 0.6 is 0 Å². The fraction of sp³-hybridized carbons (Fsp3) is 0.500. The number of benzene rings is 1. The van der Waals surface area contributed by atoms with E-state index in [4.69, 9.17) is 5.73 Å². The molecular formula is C14H20N2O. The summed E-state index contributed by atoms with van der Waals surface area (Å²) in [5, 5.41) is 0. The zero-order chi connectivity index (χ0) is 12.4. The van der Waals surface area contributed by atoms with Crippen LogP contribution in [0.2, 0.25) is 0 Å².